The molecular weight excluding hydrogens is 391 g/mol. The zero-order valence-corrected chi connectivity index (χ0v) is 16.6. The number of nitrogens with zero attached hydrogens (tertiary/aromatic N) is 3. The predicted octanol–water partition coefficient (Wildman–Crippen LogP) is 4.22. The van der Waals surface area contributed by atoms with Gasteiger partial charge >= 0.3 is 0 Å². The fraction of sp³-hybridized carbons (Fsp3) is 0.238. The molecule has 3 aromatic rings. The highest BCUT2D eigenvalue weighted by Gasteiger charge is 2.33. The van der Waals surface area contributed by atoms with Gasteiger partial charge < -0.3 is 10.2 Å². The highest BCUT2D eigenvalue weighted by Crippen LogP contribution is 2.34. The number of carbonyl (C=O) groups is 2. The summed E-state index contributed by atoms with van der Waals surface area (Å²) in [5, 5.41) is 11.7. The maximum absolute atomic E-state index is 13.0. The van der Waals surface area contributed by atoms with Gasteiger partial charge in [-0.15, -0.1) is 10.2 Å². The van der Waals surface area contributed by atoms with Crippen molar-refractivity contribution in [1.82, 2.24) is 15.1 Å². The van der Waals surface area contributed by atoms with Crippen molar-refractivity contribution in [3.05, 3.63) is 75.5 Å². The molecule has 6 nitrogen and oxygen atoms in total. The summed E-state index contributed by atoms with van der Waals surface area (Å²) >= 11 is 1.18. The minimum absolute atomic E-state index is 0.0417. The first-order valence-corrected chi connectivity index (χ1v) is 10.1. The van der Waals surface area contributed by atoms with E-state index < -0.39 is 5.91 Å². The van der Waals surface area contributed by atoms with E-state index in [0.29, 0.717) is 22.8 Å². The number of hydrogen-bond acceptors (Lipinski definition) is 5. The first-order valence-electron chi connectivity index (χ1n) is 9.29. The molecule has 1 aromatic heterocycles. The Balaban J connectivity index is 1.49. The molecule has 2 amide bonds. The number of hydrogen-bond donors (Lipinski definition) is 1. The van der Waals surface area contributed by atoms with Crippen molar-refractivity contribution in [2.45, 2.75) is 25.8 Å². The Hall–Kier alpha value is -3.13. The van der Waals surface area contributed by atoms with Crippen molar-refractivity contribution in [2.24, 2.45) is 0 Å². The minimum atomic E-state index is -0.408. The fourth-order valence-electron chi connectivity index (χ4n) is 3.31. The van der Waals surface area contributed by atoms with E-state index in [2.05, 4.69) is 15.5 Å². The first kappa shape index (κ1) is 19.2. The molecule has 148 valence electrons. The second kappa shape index (κ2) is 8.08. The van der Waals surface area contributed by atoms with Gasteiger partial charge in [0.05, 0.1) is 6.04 Å². The summed E-state index contributed by atoms with van der Waals surface area (Å²) in [6, 6.07) is 12.8. The number of halogens is 1. The highest BCUT2D eigenvalue weighted by atomic mass is 32.1. The maximum Gasteiger partial charge on any atom is 0.286 e. The SMILES string of the molecule is Cc1ccc(C(=O)N2CCC[C@H]2c2nnc(C(=O)Nc3ccc(F)cc3)s2)cc1. The molecule has 0 aliphatic carbocycles. The number of benzene rings is 2. The molecule has 1 atom stereocenters. The molecule has 1 aliphatic rings. The molecule has 29 heavy (non-hydrogen) atoms. The Kier molecular flexibility index (Phi) is 5.35. The van der Waals surface area contributed by atoms with Crippen LogP contribution in [0.25, 0.3) is 0 Å². The molecule has 0 saturated carbocycles. The molecule has 0 radical (unpaired) electrons. The molecule has 0 bridgehead atoms. The highest BCUT2D eigenvalue weighted by molar-refractivity contribution is 7.13. The van der Waals surface area contributed by atoms with Gasteiger partial charge in [-0.3, -0.25) is 9.59 Å². The molecule has 2 heterocycles. The van der Waals surface area contributed by atoms with Crippen LogP contribution in [0.1, 0.15) is 49.6 Å². The van der Waals surface area contributed by atoms with Gasteiger partial charge in [-0.1, -0.05) is 29.0 Å². The minimum Gasteiger partial charge on any atom is -0.329 e. The normalized spacial score (nSPS) is 16.1. The number of anilines is 1. The summed E-state index contributed by atoms with van der Waals surface area (Å²) in [5.74, 6) is -0.824. The number of amides is 2. The maximum atomic E-state index is 13.0. The van der Waals surface area contributed by atoms with E-state index in [1.807, 2.05) is 31.2 Å². The Morgan fingerprint density at radius 1 is 1.10 bits per heavy atom. The molecule has 0 spiro atoms. The van der Waals surface area contributed by atoms with Gasteiger partial charge in [0.25, 0.3) is 11.8 Å². The summed E-state index contributed by atoms with van der Waals surface area (Å²) in [6.45, 7) is 2.63. The third-order valence-corrected chi connectivity index (χ3v) is 5.86. The average Bonchev–Trinajstić information content (AvgIpc) is 3.39. The van der Waals surface area contributed by atoms with Gasteiger partial charge in [-0.2, -0.15) is 0 Å². The number of likely N-dealkylation sites (tertiary alicyclic amines) is 1. The number of rotatable bonds is 4. The summed E-state index contributed by atoms with van der Waals surface area (Å²) in [4.78, 5) is 27.1. The smallest absolute Gasteiger partial charge is 0.286 e. The van der Waals surface area contributed by atoms with Crippen LogP contribution in [-0.4, -0.2) is 33.5 Å². The van der Waals surface area contributed by atoms with Crippen LogP contribution in [0.5, 0.6) is 0 Å². The second-order valence-electron chi connectivity index (χ2n) is 6.93. The lowest BCUT2D eigenvalue weighted by atomic mass is 10.1. The zero-order valence-electron chi connectivity index (χ0n) is 15.8. The fourth-order valence-corrected chi connectivity index (χ4v) is 4.19. The Morgan fingerprint density at radius 2 is 1.83 bits per heavy atom. The lowest BCUT2D eigenvalue weighted by Gasteiger charge is -2.22. The van der Waals surface area contributed by atoms with Crippen molar-refractivity contribution >= 4 is 28.8 Å². The van der Waals surface area contributed by atoms with E-state index in [1.165, 1.54) is 35.6 Å². The second-order valence-corrected chi connectivity index (χ2v) is 7.94. The summed E-state index contributed by atoms with van der Waals surface area (Å²) < 4.78 is 13.0. The quantitative estimate of drug-likeness (QED) is 0.699. The molecule has 1 N–H and O–H groups in total. The number of nitrogens with one attached hydrogen (secondary N) is 1. The van der Waals surface area contributed by atoms with Crippen LogP contribution in [0.2, 0.25) is 0 Å². The van der Waals surface area contributed by atoms with Gasteiger partial charge in [-0.05, 0) is 56.2 Å². The molecule has 8 heteroatoms. The molecule has 1 fully saturated rings. The first-order chi connectivity index (χ1) is 14.0. The molecule has 1 saturated heterocycles. The van der Waals surface area contributed by atoms with Crippen LogP contribution in [0.3, 0.4) is 0 Å². The van der Waals surface area contributed by atoms with Crippen LogP contribution >= 0.6 is 11.3 Å². The summed E-state index contributed by atoms with van der Waals surface area (Å²) in [7, 11) is 0. The number of aromatic nitrogens is 2. The predicted molar refractivity (Wildman–Crippen MR) is 108 cm³/mol. The standard InChI is InChI=1S/C21H19FN4O2S/c1-13-4-6-14(7-5-13)21(28)26-12-2-3-17(26)19-24-25-20(29-19)18(27)23-16-10-8-15(22)9-11-16/h4-11,17H,2-3,12H2,1H3,(H,23,27)/t17-/m0/s1. The van der Waals surface area contributed by atoms with Crippen LogP contribution in [0, 0.1) is 12.7 Å². The monoisotopic (exact) mass is 410 g/mol. The Morgan fingerprint density at radius 3 is 2.55 bits per heavy atom. The average molecular weight is 410 g/mol. The van der Waals surface area contributed by atoms with E-state index in [9.17, 15) is 14.0 Å². The molecule has 0 unspecified atom stereocenters. The lowest BCUT2D eigenvalue weighted by Crippen LogP contribution is -2.30. The van der Waals surface area contributed by atoms with Crippen molar-refractivity contribution < 1.29 is 14.0 Å². The third kappa shape index (κ3) is 4.17. The molecule has 1 aliphatic heterocycles. The van der Waals surface area contributed by atoms with E-state index >= 15 is 0 Å². The van der Waals surface area contributed by atoms with Crippen molar-refractivity contribution in [2.75, 3.05) is 11.9 Å². The van der Waals surface area contributed by atoms with Crippen LogP contribution < -0.4 is 5.32 Å². The van der Waals surface area contributed by atoms with Crippen LogP contribution in [0.4, 0.5) is 10.1 Å². The van der Waals surface area contributed by atoms with Crippen molar-refractivity contribution in [3.8, 4) is 0 Å². The van der Waals surface area contributed by atoms with Crippen LogP contribution in [-0.2, 0) is 0 Å². The van der Waals surface area contributed by atoms with Crippen molar-refractivity contribution in [3.63, 3.8) is 0 Å². The zero-order chi connectivity index (χ0) is 20.4. The summed E-state index contributed by atoms with van der Waals surface area (Å²) in [6.07, 6.45) is 1.66. The van der Waals surface area contributed by atoms with Gasteiger partial charge in [-0.25, -0.2) is 4.39 Å². The van der Waals surface area contributed by atoms with E-state index in [0.717, 1.165) is 18.4 Å². The van der Waals surface area contributed by atoms with E-state index in [4.69, 9.17) is 0 Å². The molecule has 2 aromatic carbocycles. The number of carbonyl (C=O) groups excluding carboxylic acids is 2. The Labute approximate surface area is 171 Å². The van der Waals surface area contributed by atoms with Crippen molar-refractivity contribution in [1.29, 1.82) is 0 Å². The van der Waals surface area contributed by atoms with Gasteiger partial charge in [0.15, 0.2) is 0 Å². The van der Waals surface area contributed by atoms with Crippen LogP contribution in [0.15, 0.2) is 48.5 Å². The third-order valence-electron chi connectivity index (χ3n) is 4.83. The van der Waals surface area contributed by atoms with E-state index in [1.54, 1.807) is 4.90 Å². The topological polar surface area (TPSA) is 75.2 Å². The van der Waals surface area contributed by atoms with Gasteiger partial charge in [0.2, 0.25) is 5.01 Å². The molecule has 4 rings (SSSR count). The largest absolute Gasteiger partial charge is 0.329 e. The van der Waals surface area contributed by atoms with E-state index in [-0.39, 0.29) is 22.8 Å². The van der Waals surface area contributed by atoms with Gasteiger partial charge in [0.1, 0.15) is 10.8 Å². The Bertz CT molecular complexity index is 1030. The molecular formula is C21H19FN4O2S. The summed E-state index contributed by atoms with van der Waals surface area (Å²) in [5.41, 5.74) is 2.21. The van der Waals surface area contributed by atoms with Gasteiger partial charge in [0, 0.05) is 17.8 Å². The number of aryl methyl sites for hydroxylation is 1. The lowest BCUT2D eigenvalue weighted by molar-refractivity contribution is 0.0735.